The van der Waals surface area contributed by atoms with Gasteiger partial charge in [0.1, 0.15) is 4.64 Å². The highest BCUT2D eigenvalue weighted by atomic mass is 32.1. The minimum absolute atomic E-state index is 0.149. The molecule has 1 aromatic heterocycles. The van der Waals surface area contributed by atoms with Gasteiger partial charge in [-0.3, -0.25) is 4.98 Å². The lowest BCUT2D eigenvalue weighted by Crippen LogP contribution is -1.93. The first-order chi connectivity index (χ1) is 7.58. The summed E-state index contributed by atoms with van der Waals surface area (Å²) in [6.07, 6.45) is 2.73. The fourth-order valence-corrected chi connectivity index (χ4v) is 1.41. The molecule has 0 bridgehead atoms. The lowest BCUT2D eigenvalue weighted by molar-refractivity contribution is 0.447. The monoisotopic (exact) mass is 242 g/mol. The maximum absolute atomic E-state index is 13.0. The van der Waals surface area contributed by atoms with Gasteiger partial charge in [0.05, 0.1) is 18.1 Å². The van der Waals surface area contributed by atoms with Crippen molar-refractivity contribution in [3.63, 3.8) is 0 Å². The van der Waals surface area contributed by atoms with Gasteiger partial charge in [-0.2, -0.15) is 0 Å². The maximum Gasteiger partial charge on any atom is 0.194 e. The molecule has 1 heterocycles. The molecule has 0 saturated carbocycles. The SMILES string of the molecule is Fc1cc(-c2cncc(=S)[nH]2)cc(F)c1F. The maximum atomic E-state index is 13.0. The Balaban J connectivity index is 2.61. The number of aromatic nitrogens is 2. The summed E-state index contributed by atoms with van der Waals surface area (Å²) in [4.78, 5) is 6.46. The minimum atomic E-state index is -1.49. The second kappa shape index (κ2) is 4.05. The summed E-state index contributed by atoms with van der Waals surface area (Å²) in [6, 6.07) is 1.75. The summed E-state index contributed by atoms with van der Waals surface area (Å²) in [5.74, 6) is -4.00. The van der Waals surface area contributed by atoms with E-state index in [2.05, 4.69) is 9.97 Å². The van der Waals surface area contributed by atoms with Crippen LogP contribution in [0.4, 0.5) is 13.2 Å². The molecule has 0 fully saturated rings. The Morgan fingerprint density at radius 1 is 1.06 bits per heavy atom. The zero-order valence-corrected chi connectivity index (χ0v) is 8.62. The third-order valence-electron chi connectivity index (χ3n) is 1.95. The topological polar surface area (TPSA) is 28.7 Å². The number of benzene rings is 1. The van der Waals surface area contributed by atoms with Crippen molar-refractivity contribution in [2.24, 2.45) is 0 Å². The summed E-state index contributed by atoms with van der Waals surface area (Å²) in [6.45, 7) is 0. The number of hydrogen-bond donors (Lipinski definition) is 1. The summed E-state index contributed by atoms with van der Waals surface area (Å²) >= 11 is 4.81. The fourth-order valence-electron chi connectivity index (χ4n) is 1.23. The Labute approximate surface area is 93.8 Å². The number of halogens is 3. The molecule has 2 nitrogen and oxygen atoms in total. The highest BCUT2D eigenvalue weighted by molar-refractivity contribution is 7.71. The first-order valence-corrected chi connectivity index (χ1v) is 4.68. The van der Waals surface area contributed by atoms with E-state index in [1.54, 1.807) is 0 Å². The molecule has 0 aliphatic carbocycles. The van der Waals surface area contributed by atoms with Crippen molar-refractivity contribution in [2.45, 2.75) is 0 Å². The normalized spacial score (nSPS) is 10.4. The minimum Gasteiger partial charge on any atom is -0.344 e. The van der Waals surface area contributed by atoms with Crippen molar-refractivity contribution in [3.05, 3.63) is 46.6 Å². The molecule has 0 spiro atoms. The number of H-pyrrole nitrogens is 1. The van der Waals surface area contributed by atoms with Gasteiger partial charge >= 0.3 is 0 Å². The lowest BCUT2D eigenvalue weighted by Gasteiger charge is -2.02. The Bertz CT molecular complexity index is 572. The van der Waals surface area contributed by atoms with Crippen molar-refractivity contribution < 1.29 is 13.2 Å². The van der Waals surface area contributed by atoms with Crippen LogP contribution in [-0.2, 0) is 0 Å². The average molecular weight is 242 g/mol. The molecule has 0 saturated heterocycles. The predicted molar refractivity (Wildman–Crippen MR) is 54.7 cm³/mol. The fraction of sp³-hybridized carbons (Fsp3) is 0. The van der Waals surface area contributed by atoms with Gasteiger partial charge in [0.25, 0.3) is 0 Å². The number of nitrogens with zero attached hydrogens (tertiary/aromatic N) is 1. The molecule has 0 amide bonds. The van der Waals surface area contributed by atoms with E-state index in [1.807, 2.05) is 0 Å². The third kappa shape index (κ3) is 1.96. The Morgan fingerprint density at radius 2 is 1.69 bits per heavy atom. The van der Waals surface area contributed by atoms with Gasteiger partial charge in [-0.25, -0.2) is 13.2 Å². The third-order valence-corrected chi connectivity index (χ3v) is 2.16. The summed E-state index contributed by atoms with van der Waals surface area (Å²) in [5.41, 5.74) is 0.473. The van der Waals surface area contributed by atoms with E-state index in [0.29, 0.717) is 10.3 Å². The van der Waals surface area contributed by atoms with E-state index in [-0.39, 0.29) is 5.56 Å². The number of nitrogens with one attached hydrogen (secondary N) is 1. The summed E-state index contributed by atoms with van der Waals surface area (Å²) in [5, 5.41) is 0. The highest BCUT2D eigenvalue weighted by Crippen LogP contribution is 2.21. The van der Waals surface area contributed by atoms with E-state index < -0.39 is 17.5 Å². The van der Waals surface area contributed by atoms with E-state index >= 15 is 0 Å². The van der Waals surface area contributed by atoms with Gasteiger partial charge in [-0.1, -0.05) is 12.2 Å². The van der Waals surface area contributed by atoms with Crippen LogP contribution in [-0.4, -0.2) is 9.97 Å². The molecule has 0 atom stereocenters. The largest absolute Gasteiger partial charge is 0.344 e. The first-order valence-electron chi connectivity index (χ1n) is 4.27. The molecule has 16 heavy (non-hydrogen) atoms. The molecule has 0 aliphatic rings. The van der Waals surface area contributed by atoms with E-state index in [4.69, 9.17) is 12.2 Å². The molecular weight excluding hydrogens is 237 g/mol. The zero-order valence-electron chi connectivity index (χ0n) is 7.80. The van der Waals surface area contributed by atoms with E-state index in [9.17, 15) is 13.2 Å². The van der Waals surface area contributed by atoms with Gasteiger partial charge in [-0.05, 0) is 12.1 Å². The molecular formula is C10H5F3N2S. The van der Waals surface area contributed by atoms with Crippen LogP contribution in [0.15, 0.2) is 24.5 Å². The number of hydrogen-bond acceptors (Lipinski definition) is 2. The van der Waals surface area contributed by atoms with Crippen LogP contribution >= 0.6 is 12.2 Å². The van der Waals surface area contributed by atoms with Gasteiger partial charge in [-0.15, -0.1) is 0 Å². The van der Waals surface area contributed by atoms with Gasteiger partial charge in [0.15, 0.2) is 17.5 Å². The first kappa shape index (κ1) is 10.8. The van der Waals surface area contributed by atoms with Crippen molar-refractivity contribution in [1.29, 1.82) is 0 Å². The zero-order chi connectivity index (χ0) is 11.7. The van der Waals surface area contributed by atoms with Crippen LogP contribution in [0.3, 0.4) is 0 Å². The molecule has 82 valence electrons. The van der Waals surface area contributed by atoms with Crippen LogP contribution in [0.5, 0.6) is 0 Å². The van der Waals surface area contributed by atoms with Crippen molar-refractivity contribution in [1.82, 2.24) is 9.97 Å². The lowest BCUT2D eigenvalue weighted by atomic mass is 10.1. The molecule has 6 heteroatoms. The van der Waals surface area contributed by atoms with Crippen LogP contribution in [0.25, 0.3) is 11.3 Å². The van der Waals surface area contributed by atoms with Gasteiger partial charge < -0.3 is 4.98 Å². The Kier molecular flexibility index (Phi) is 2.74. The molecule has 0 unspecified atom stereocenters. The van der Waals surface area contributed by atoms with Crippen LogP contribution in [0, 0.1) is 22.1 Å². The molecule has 1 aromatic carbocycles. The average Bonchev–Trinajstić information content (AvgIpc) is 2.25. The Hall–Kier alpha value is -1.69. The van der Waals surface area contributed by atoms with Crippen molar-refractivity contribution >= 4 is 12.2 Å². The van der Waals surface area contributed by atoms with Crippen molar-refractivity contribution in [2.75, 3.05) is 0 Å². The summed E-state index contributed by atoms with van der Waals surface area (Å²) in [7, 11) is 0. The van der Waals surface area contributed by atoms with E-state index in [0.717, 1.165) is 12.1 Å². The quantitative estimate of drug-likeness (QED) is 0.614. The molecule has 2 aromatic rings. The molecule has 2 rings (SSSR count). The van der Waals surface area contributed by atoms with E-state index in [1.165, 1.54) is 12.4 Å². The second-order valence-electron chi connectivity index (χ2n) is 3.06. The number of rotatable bonds is 1. The van der Waals surface area contributed by atoms with Crippen LogP contribution < -0.4 is 0 Å². The van der Waals surface area contributed by atoms with Gasteiger partial charge in [0, 0.05) is 5.56 Å². The number of aromatic amines is 1. The molecule has 0 radical (unpaired) electrons. The predicted octanol–water partition coefficient (Wildman–Crippen LogP) is 3.22. The van der Waals surface area contributed by atoms with Gasteiger partial charge in [0.2, 0.25) is 0 Å². The second-order valence-corrected chi connectivity index (χ2v) is 3.50. The smallest absolute Gasteiger partial charge is 0.194 e. The summed E-state index contributed by atoms with van der Waals surface area (Å²) < 4.78 is 38.9. The molecule has 0 aliphatic heterocycles. The van der Waals surface area contributed by atoms with Crippen molar-refractivity contribution in [3.8, 4) is 11.3 Å². The van der Waals surface area contributed by atoms with Crippen LogP contribution in [0.1, 0.15) is 0 Å². The highest BCUT2D eigenvalue weighted by Gasteiger charge is 2.11. The van der Waals surface area contributed by atoms with Crippen LogP contribution in [0.2, 0.25) is 0 Å². The standard InChI is InChI=1S/C10H5F3N2S/c11-6-1-5(2-7(12)10(6)13)8-3-14-4-9(16)15-8/h1-4H,(H,15,16). The molecule has 1 N–H and O–H groups in total. The Morgan fingerprint density at radius 3 is 2.25 bits per heavy atom.